The minimum absolute atomic E-state index is 0.661. The van der Waals surface area contributed by atoms with E-state index in [2.05, 4.69) is 9.97 Å². The maximum absolute atomic E-state index is 5.97. The largest absolute Gasteiger partial charge is 0.347 e. The van der Waals surface area contributed by atoms with Gasteiger partial charge in [-0.3, -0.25) is 0 Å². The molecule has 0 aliphatic rings. The number of hydrogen-bond donors (Lipinski definition) is 0. The van der Waals surface area contributed by atoms with Crippen molar-refractivity contribution in [3.63, 3.8) is 0 Å². The summed E-state index contributed by atoms with van der Waals surface area (Å²) in [6.45, 7) is 0. The molecule has 1 aromatic carbocycles. The first-order valence-electron chi connectivity index (χ1n) is 7.37. The van der Waals surface area contributed by atoms with Crippen LogP contribution in [-0.2, 0) is 0 Å². The molecule has 4 rings (SSSR count). The molecule has 5 nitrogen and oxygen atoms in total. The minimum atomic E-state index is 0.661. The Hall–Kier alpha value is -2.44. The van der Waals surface area contributed by atoms with Gasteiger partial charge in [0, 0.05) is 30.7 Å². The maximum Gasteiger partial charge on any atom is 0.228 e. The number of thiophene rings is 1. The molecule has 0 saturated heterocycles. The summed E-state index contributed by atoms with van der Waals surface area (Å²) in [5, 5.41) is 7.44. The van der Waals surface area contributed by atoms with E-state index in [0.717, 1.165) is 27.6 Å². The van der Waals surface area contributed by atoms with Crippen molar-refractivity contribution < 1.29 is 0 Å². The third kappa shape index (κ3) is 2.64. The molecule has 0 aliphatic carbocycles. The average molecular weight is 356 g/mol. The highest BCUT2D eigenvalue weighted by Gasteiger charge is 2.15. The lowest BCUT2D eigenvalue weighted by molar-refractivity contribution is 0.888. The van der Waals surface area contributed by atoms with Gasteiger partial charge in [-0.2, -0.15) is 19.6 Å². The van der Waals surface area contributed by atoms with Gasteiger partial charge in [-0.25, -0.2) is 0 Å². The van der Waals surface area contributed by atoms with Gasteiger partial charge in [-0.15, -0.1) is 11.3 Å². The Morgan fingerprint density at radius 2 is 1.88 bits per heavy atom. The summed E-state index contributed by atoms with van der Waals surface area (Å²) in [5.41, 5.74) is 2.60. The molecular formula is C17H14ClN5S. The van der Waals surface area contributed by atoms with E-state index in [-0.39, 0.29) is 0 Å². The van der Waals surface area contributed by atoms with Gasteiger partial charge in [-0.05, 0) is 23.6 Å². The quantitative estimate of drug-likeness (QED) is 0.551. The zero-order valence-corrected chi connectivity index (χ0v) is 14.7. The summed E-state index contributed by atoms with van der Waals surface area (Å²) in [4.78, 5) is 12.2. The standard InChI is InChI=1S/C17H14ClN5S/c1-22(2)17-19-15-10-13(11-5-7-12(18)8-6-11)21-23(15)16(20-17)14-4-3-9-24-14/h3-10H,1-2H3. The van der Waals surface area contributed by atoms with Crippen molar-refractivity contribution in [1.82, 2.24) is 19.6 Å². The van der Waals surface area contributed by atoms with E-state index in [4.69, 9.17) is 16.7 Å². The number of aromatic nitrogens is 4. The molecular weight excluding hydrogens is 342 g/mol. The number of benzene rings is 1. The lowest BCUT2D eigenvalue weighted by Crippen LogP contribution is -2.14. The first-order chi connectivity index (χ1) is 11.6. The summed E-state index contributed by atoms with van der Waals surface area (Å²) in [7, 11) is 3.86. The lowest BCUT2D eigenvalue weighted by Gasteiger charge is -2.11. The molecule has 120 valence electrons. The van der Waals surface area contributed by atoms with Crippen molar-refractivity contribution in [3.05, 3.63) is 52.9 Å². The second kappa shape index (κ2) is 5.89. The van der Waals surface area contributed by atoms with Crippen molar-refractivity contribution in [3.8, 4) is 22.0 Å². The van der Waals surface area contributed by atoms with Crippen LogP contribution < -0.4 is 4.90 Å². The molecule has 0 aliphatic heterocycles. The van der Waals surface area contributed by atoms with E-state index in [1.54, 1.807) is 15.9 Å². The normalized spacial score (nSPS) is 11.1. The molecule has 0 unspecified atom stereocenters. The zero-order valence-electron chi connectivity index (χ0n) is 13.1. The van der Waals surface area contributed by atoms with Gasteiger partial charge >= 0.3 is 0 Å². The lowest BCUT2D eigenvalue weighted by atomic mass is 10.2. The van der Waals surface area contributed by atoms with Gasteiger partial charge in [0.2, 0.25) is 5.95 Å². The predicted octanol–water partition coefficient (Wildman–Crippen LogP) is 4.24. The Balaban J connectivity index is 1.94. The van der Waals surface area contributed by atoms with Crippen LogP contribution >= 0.6 is 22.9 Å². The minimum Gasteiger partial charge on any atom is -0.347 e. The molecule has 3 aromatic heterocycles. The molecule has 0 N–H and O–H groups in total. The fourth-order valence-corrected chi connectivity index (χ4v) is 3.23. The number of rotatable bonds is 3. The molecule has 0 atom stereocenters. The Kier molecular flexibility index (Phi) is 3.70. The molecule has 3 heterocycles. The van der Waals surface area contributed by atoms with Crippen LogP contribution in [0.15, 0.2) is 47.8 Å². The Bertz CT molecular complexity index is 990. The molecule has 0 amide bonds. The number of fused-ring (bicyclic) bond motifs is 1. The molecule has 0 fully saturated rings. The van der Waals surface area contributed by atoms with Gasteiger partial charge in [0.25, 0.3) is 0 Å². The van der Waals surface area contributed by atoms with Crippen molar-refractivity contribution in [2.24, 2.45) is 0 Å². The van der Waals surface area contributed by atoms with E-state index in [0.29, 0.717) is 11.0 Å². The van der Waals surface area contributed by atoms with Crippen molar-refractivity contribution in [1.29, 1.82) is 0 Å². The average Bonchev–Trinajstić information content (AvgIpc) is 3.24. The topological polar surface area (TPSA) is 46.3 Å². The van der Waals surface area contributed by atoms with Crippen LogP contribution in [-0.4, -0.2) is 33.7 Å². The molecule has 0 spiro atoms. The monoisotopic (exact) mass is 355 g/mol. The second-order valence-corrected chi connectivity index (χ2v) is 6.91. The molecule has 0 radical (unpaired) electrons. The van der Waals surface area contributed by atoms with E-state index < -0.39 is 0 Å². The summed E-state index contributed by atoms with van der Waals surface area (Å²) in [6.07, 6.45) is 0. The van der Waals surface area contributed by atoms with E-state index >= 15 is 0 Å². The van der Waals surface area contributed by atoms with Crippen LogP contribution in [0, 0.1) is 0 Å². The highest BCUT2D eigenvalue weighted by atomic mass is 35.5. The molecule has 24 heavy (non-hydrogen) atoms. The Morgan fingerprint density at radius 3 is 2.54 bits per heavy atom. The zero-order chi connectivity index (χ0) is 16.7. The maximum atomic E-state index is 5.97. The third-order valence-electron chi connectivity index (χ3n) is 3.59. The van der Waals surface area contributed by atoms with Crippen molar-refractivity contribution in [2.75, 3.05) is 19.0 Å². The van der Waals surface area contributed by atoms with Crippen LogP contribution in [0.25, 0.3) is 27.6 Å². The second-order valence-electron chi connectivity index (χ2n) is 5.53. The van der Waals surface area contributed by atoms with Crippen molar-refractivity contribution in [2.45, 2.75) is 0 Å². The molecule has 0 bridgehead atoms. The third-order valence-corrected chi connectivity index (χ3v) is 4.71. The summed E-state index contributed by atoms with van der Waals surface area (Å²) < 4.78 is 1.79. The highest BCUT2D eigenvalue weighted by molar-refractivity contribution is 7.13. The van der Waals surface area contributed by atoms with Crippen LogP contribution in [0.1, 0.15) is 0 Å². The summed E-state index contributed by atoms with van der Waals surface area (Å²) >= 11 is 7.61. The van der Waals surface area contributed by atoms with Gasteiger partial charge in [0.15, 0.2) is 11.5 Å². The number of nitrogens with zero attached hydrogens (tertiary/aromatic N) is 5. The van der Waals surface area contributed by atoms with E-state index in [9.17, 15) is 0 Å². The fourth-order valence-electron chi connectivity index (χ4n) is 2.40. The van der Waals surface area contributed by atoms with Crippen LogP contribution in [0.3, 0.4) is 0 Å². The Labute approximate surface area is 148 Å². The molecule has 0 saturated carbocycles. The molecule has 7 heteroatoms. The number of anilines is 1. The van der Waals surface area contributed by atoms with Gasteiger partial charge in [0.05, 0.1) is 10.6 Å². The number of hydrogen-bond acceptors (Lipinski definition) is 5. The summed E-state index contributed by atoms with van der Waals surface area (Å²) in [6, 6.07) is 13.6. The molecule has 4 aromatic rings. The van der Waals surface area contributed by atoms with Crippen molar-refractivity contribution >= 4 is 34.5 Å². The highest BCUT2D eigenvalue weighted by Crippen LogP contribution is 2.27. The summed E-state index contributed by atoms with van der Waals surface area (Å²) in [5.74, 6) is 1.45. The van der Waals surface area contributed by atoms with E-state index in [1.165, 1.54) is 0 Å². The van der Waals surface area contributed by atoms with Gasteiger partial charge < -0.3 is 4.90 Å². The SMILES string of the molecule is CN(C)c1nc(-c2cccs2)n2nc(-c3ccc(Cl)cc3)cc2n1. The van der Waals surface area contributed by atoms with Crippen LogP contribution in [0.5, 0.6) is 0 Å². The fraction of sp³-hybridized carbons (Fsp3) is 0.118. The van der Waals surface area contributed by atoms with Crippen LogP contribution in [0.2, 0.25) is 5.02 Å². The van der Waals surface area contributed by atoms with Gasteiger partial charge in [-0.1, -0.05) is 29.8 Å². The first kappa shape index (κ1) is 15.1. The first-order valence-corrected chi connectivity index (χ1v) is 8.62. The van der Waals surface area contributed by atoms with E-state index in [1.807, 2.05) is 66.8 Å². The van der Waals surface area contributed by atoms with Gasteiger partial charge in [0.1, 0.15) is 0 Å². The smallest absolute Gasteiger partial charge is 0.228 e. The Morgan fingerprint density at radius 1 is 1.08 bits per heavy atom. The van der Waals surface area contributed by atoms with Crippen LogP contribution in [0.4, 0.5) is 5.95 Å². The number of halogens is 1. The predicted molar refractivity (Wildman–Crippen MR) is 98.9 cm³/mol.